The summed E-state index contributed by atoms with van der Waals surface area (Å²) in [5.41, 5.74) is 15.5. The minimum Gasteiger partial charge on any atom is -0.310 e. The van der Waals surface area contributed by atoms with E-state index in [0.29, 0.717) is 0 Å². The zero-order valence-electron chi connectivity index (χ0n) is 30.5. The summed E-state index contributed by atoms with van der Waals surface area (Å²) >= 11 is 0. The van der Waals surface area contributed by atoms with Crippen molar-refractivity contribution in [3.05, 3.63) is 150 Å². The Morgan fingerprint density at radius 2 is 0.939 bits per heavy atom. The lowest BCUT2D eigenvalue weighted by atomic mass is 9.74. The molecule has 0 atom stereocenters. The van der Waals surface area contributed by atoms with Gasteiger partial charge in [-0.15, -0.1) is 0 Å². The molecule has 2 aliphatic rings. The lowest BCUT2D eigenvalue weighted by Gasteiger charge is -2.51. The van der Waals surface area contributed by atoms with Crippen molar-refractivity contribution >= 4 is 44.0 Å². The highest BCUT2D eigenvalue weighted by Crippen LogP contribution is 2.60. The number of benzene rings is 6. The van der Waals surface area contributed by atoms with Gasteiger partial charge in [-0.05, 0) is 111 Å². The summed E-state index contributed by atoms with van der Waals surface area (Å²) in [7, 11) is -3.70. The lowest BCUT2D eigenvalue weighted by Crippen LogP contribution is -2.63. The molecule has 1 nitrogen and oxygen atoms in total. The predicted octanol–water partition coefficient (Wildman–Crippen LogP) is 13.4. The van der Waals surface area contributed by atoms with Crippen LogP contribution in [0.25, 0.3) is 33.0 Å². The first-order valence-corrected chi connectivity index (χ1v) is 25.2. The maximum absolute atomic E-state index is 2.62. The Labute approximate surface area is 295 Å². The summed E-state index contributed by atoms with van der Waals surface area (Å²) in [4.78, 5) is 2.51. The lowest BCUT2D eigenvalue weighted by molar-refractivity contribution is 0.490. The minimum atomic E-state index is -1.85. The first-order chi connectivity index (χ1) is 23.5. The number of hydrogen-bond acceptors (Lipinski definition) is 1. The van der Waals surface area contributed by atoms with Gasteiger partial charge in [-0.2, -0.15) is 0 Å². The Morgan fingerprint density at radius 1 is 0.429 bits per heavy atom. The van der Waals surface area contributed by atoms with Crippen LogP contribution in [0.2, 0.25) is 39.3 Å². The molecule has 246 valence electrons. The first kappa shape index (κ1) is 32.0. The van der Waals surface area contributed by atoms with Crippen molar-refractivity contribution in [2.75, 3.05) is 4.90 Å². The average molecular weight is 672 g/mol. The van der Waals surface area contributed by atoms with Gasteiger partial charge >= 0.3 is 0 Å². The SMILES string of the molecule is CCC1(CC)c2ccccc2-c2cc(N(c3ccccc3)c3ccc4c(c3)C([Si](C)(C)C)([Si](C)(C)C)c3cc5ccccc5cc3-4)ccc21. The standard InChI is InChI=1S/C46H49NSi2/c1-9-45(10-2)41-23-17-16-22-37(41)40-30-35(25-27-42(40)45)47(34-20-12-11-13-21-34)36-24-26-38-39-28-32-18-14-15-19-33(32)29-43(39)46(44(38)31-36,48(3,4)5)49(6,7)8/h11-31H,9-10H2,1-8H3. The van der Waals surface area contributed by atoms with E-state index in [1.54, 1.807) is 11.1 Å². The highest BCUT2D eigenvalue weighted by molar-refractivity contribution is 6.99. The van der Waals surface area contributed by atoms with Crippen LogP contribution in [0.4, 0.5) is 17.1 Å². The van der Waals surface area contributed by atoms with Crippen LogP contribution in [0, 0.1) is 0 Å². The molecule has 0 saturated carbocycles. The number of para-hydroxylation sites is 1. The maximum atomic E-state index is 2.62. The fraction of sp³-hybridized carbons (Fsp3) is 0.261. The van der Waals surface area contributed by atoms with Gasteiger partial charge in [0.05, 0.1) is 16.1 Å². The van der Waals surface area contributed by atoms with Gasteiger partial charge in [0.1, 0.15) is 0 Å². The number of anilines is 3. The molecule has 0 saturated heterocycles. The van der Waals surface area contributed by atoms with Crippen molar-refractivity contribution < 1.29 is 0 Å². The number of hydrogen-bond donors (Lipinski definition) is 0. The summed E-state index contributed by atoms with van der Waals surface area (Å²) in [6, 6.07) is 48.9. The molecule has 8 rings (SSSR count). The van der Waals surface area contributed by atoms with E-state index in [1.165, 1.54) is 61.2 Å². The van der Waals surface area contributed by atoms with Gasteiger partial charge < -0.3 is 4.90 Å². The van der Waals surface area contributed by atoms with Crippen molar-refractivity contribution in [1.82, 2.24) is 0 Å². The number of rotatable bonds is 7. The second kappa shape index (κ2) is 11.2. The molecule has 3 heteroatoms. The monoisotopic (exact) mass is 671 g/mol. The molecular formula is C46H49NSi2. The fourth-order valence-corrected chi connectivity index (χ4v) is 23.6. The molecule has 0 amide bonds. The van der Waals surface area contributed by atoms with Crippen molar-refractivity contribution in [3.8, 4) is 22.3 Å². The molecule has 6 aromatic carbocycles. The van der Waals surface area contributed by atoms with E-state index in [9.17, 15) is 0 Å². The van der Waals surface area contributed by atoms with Crippen LogP contribution in [0.5, 0.6) is 0 Å². The van der Waals surface area contributed by atoms with Crippen molar-refractivity contribution in [3.63, 3.8) is 0 Å². The summed E-state index contributed by atoms with van der Waals surface area (Å²) < 4.78 is 0.0613. The maximum Gasteiger partial charge on any atom is 0.0579 e. The van der Waals surface area contributed by atoms with Crippen LogP contribution >= 0.6 is 0 Å². The fourth-order valence-electron chi connectivity index (χ4n) is 10.5. The van der Waals surface area contributed by atoms with Gasteiger partial charge in [0.15, 0.2) is 0 Å². The van der Waals surface area contributed by atoms with Gasteiger partial charge in [-0.1, -0.05) is 138 Å². The highest BCUT2D eigenvalue weighted by Gasteiger charge is 2.59. The summed E-state index contributed by atoms with van der Waals surface area (Å²) in [5.74, 6) is 0. The van der Waals surface area contributed by atoms with Crippen LogP contribution in [-0.2, 0) is 10.1 Å². The molecule has 0 N–H and O–H groups in total. The Hall–Kier alpha value is -4.19. The Morgan fingerprint density at radius 3 is 1.61 bits per heavy atom. The topological polar surface area (TPSA) is 3.24 Å². The van der Waals surface area contributed by atoms with Gasteiger partial charge in [-0.25, -0.2) is 0 Å². The quantitative estimate of drug-likeness (QED) is 0.153. The summed E-state index contributed by atoms with van der Waals surface area (Å²) in [6.07, 6.45) is 2.20. The second-order valence-electron chi connectivity index (χ2n) is 16.5. The van der Waals surface area contributed by atoms with E-state index in [-0.39, 0.29) is 10.1 Å². The summed E-state index contributed by atoms with van der Waals surface area (Å²) in [5, 5.41) is 2.69. The van der Waals surface area contributed by atoms with Gasteiger partial charge in [0.25, 0.3) is 0 Å². The van der Waals surface area contributed by atoms with E-state index in [0.717, 1.165) is 12.8 Å². The molecule has 0 spiro atoms. The Bertz CT molecular complexity index is 2220. The zero-order chi connectivity index (χ0) is 34.3. The summed E-state index contributed by atoms with van der Waals surface area (Å²) in [6.45, 7) is 20.4. The first-order valence-electron chi connectivity index (χ1n) is 18.2. The van der Waals surface area contributed by atoms with Crippen LogP contribution < -0.4 is 4.90 Å². The van der Waals surface area contributed by atoms with Gasteiger partial charge in [0.2, 0.25) is 0 Å². The van der Waals surface area contributed by atoms with E-state index in [2.05, 4.69) is 185 Å². The predicted molar refractivity (Wildman–Crippen MR) is 218 cm³/mol. The Balaban J connectivity index is 1.39. The number of nitrogens with zero attached hydrogens (tertiary/aromatic N) is 1. The van der Waals surface area contributed by atoms with E-state index in [1.807, 2.05) is 0 Å². The molecule has 2 aliphatic carbocycles. The molecule has 0 radical (unpaired) electrons. The molecular weight excluding hydrogens is 623 g/mol. The van der Waals surface area contributed by atoms with Gasteiger partial charge in [-0.3, -0.25) is 0 Å². The molecule has 0 unspecified atom stereocenters. The molecule has 0 bridgehead atoms. The van der Waals surface area contributed by atoms with E-state index >= 15 is 0 Å². The average Bonchev–Trinajstić information content (AvgIpc) is 3.55. The van der Waals surface area contributed by atoms with E-state index < -0.39 is 16.1 Å². The van der Waals surface area contributed by atoms with Crippen molar-refractivity contribution in [2.45, 2.75) is 76.0 Å². The van der Waals surface area contributed by atoms with Crippen LogP contribution in [-0.4, -0.2) is 16.1 Å². The smallest absolute Gasteiger partial charge is 0.0579 e. The molecule has 0 fully saturated rings. The highest BCUT2D eigenvalue weighted by atomic mass is 28.4. The van der Waals surface area contributed by atoms with Crippen molar-refractivity contribution in [1.29, 1.82) is 0 Å². The zero-order valence-corrected chi connectivity index (χ0v) is 32.5. The minimum absolute atomic E-state index is 0.0613. The molecule has 0 aliphatic heterocycles. The molecule has 0 aromatic heterocycles. The molecule has 6 aromatic rings. The Kier molecular flexibility index (Phi) is 7.30. The third-order valence-electron chi connectivity index (χ3n) is 12.2. The molecule has 0 heterocycles. The third kappa shape index (κ3) is 4.41. The van der Waals surface area contributed by atoms with Crippen LogP contribution in [0.1, 0.15) is 48.9 Å². The largest absolute Gasteiger partial charge is 0.310 e. The van der Waals surface area contributed by atoms with Crippen molar-refractivity contribution in [2.24, 2.45) is 0 Å². The second-order valence-corrected chi connectivity index (χ2v) is 27.5. The van der Waals surface area contributed by atoms with Gasteiger partial charge in [0, 0.05) is 27.1 Å². The normalized spacial score (nSPS) is 15.4. The molecule has 49 heavy (non-hydrogen) atoms. The number of fused-ring (bicyclic) bond motifs is 7. The van der Waals surface area contributed by atoms with Crippen LogP contribution in [0.3, 0.4) is 0 Å². The van der Waals surface area contributed by atoms with E-state index in [4.69, 9.17) is 0 Å². The van der Waals surface area contributed by atoms with Crippen LogP contribution in [0.15, 0.2) is 127 Å². The third-order valence-corrected chi connectivity index (χ3v) is 22.3.